The summed E-state index contributed by atoms with van der Waals surface area (Å²) in [5.74, 6) is 2.31. The third-order valence-corrected chi connectivity index (χ3v) is 7.75. The summed E-state index contributed by atoms with van der Waals surface area (Å²) < 4.78 is 13.2. The minimum atomic E-state index is -0.642. The number of para-hydroxylation sites is 2. The number of carbonyl (C=O) groups excluding carboxylic acids is 1. The van der Waals surface area contributed by atoms with Gasteiger partial charge in [-0.2, -0.15) is 0 Å². The lowest BCUT2D eigenvalue weighted by atomic mass is 10.0. The predicted molar refractivity (Wildman–Crippen MR) is 172 cm³/mol. The van der Waals surface area contributed by atoms with Crippen LogP contribution in [0.25, 0.3) is 21.8 Å². The third-order valence-electron chi connectivity index (χ3n) is 7.75. The number of aromatic amines is 2. The molecule has 44 heavy (non-hydrogen) atoms. The van der Waals surface area contributed by atoms with E-state index in [1.807, 2.05) is 75.5 Å². The van der Waals surface area contributed by atoms with E-state index in [-0.39, 0.29) is 0 Å². The lowest BCUT2D eigenvalue weighted by Crippen LogP contribution is -2.37. The van der Waals surface area contributed by atoms with Crippen LogP contribution in [0, 0.1) is 0 Å². The van der Waals surface area contributed by atoms with Crippen molar-refractivity contribution in [3.63, 3.8) is 0 Å². The van der Waals surface area contributed by atoms with Crippen LogP contribution in [0.5, 0.6) is 5.75 Å². The smallest absolute Gasteiger partial charge is 0.408 e. The van der Waals surface area contributed by atoms with Crippen molar-refractivity contribution in [2.75, 3.05) is 7.11 Å². The van der Waals surface area contributed by atoms with Gasteiger partial charge in [-0.05, 0) is 68.1 Å². The number of carbonyl (C=O) groups is 1. The van der Waals surface area contributed by atoms with E-state index in [9.17, 15) is 4.79 Å². The number of alkyl carbamates (subject to hydrolysis) is 1. The maximum Gasteiger partial charge on any atom is 0.408 e. The number of nitrogens with one attached hydrogen (secondary N) is 3. The van der Waals surface area contributed by atoms with Crippen LogP contribution in [0.4, 0.5) is 4.79 Å². The van der Waals surface area contributed by atoms with E-state index in [2.05, 4.69) is 50.3 Å². The van der Waals surface area contributed by atoms with Crippen LogP contribution < -0.4 is 10.1 Å². The zero-order valence-corrected chi connectivity index (χ0v) is 25.6. The van der Waals surface area contributed by atoms with Crippen molar-refractivity contribution in [2.45, 2.75) is 58.2 Å². The van der Waals surface area contributed by atoms with Gasteiger partial charge < -0.3 is 29.3 Å². The summed E-state index contributed by atoms with van der Waals surface area (Å²) in [6.07, 6.45) is 5.54. The topological polar surface area (TPSA) is 110 Å². The molecule has 3 aromatic heterocycles. The van der Waals surface area contributed by atoms with Crippen molar-refractivity contribution in [1.29, 1.82) is 0 Å². The van der Waals surface area contributed by atoms with Gasteiger partial charge in [0.1, 0.15) is 17.2 Å². The number of hydrogen-bond donors (Lipinski definition) is 3. The molecule has 0 bridgehead atoms. The van der Waals surface area contributed by atoms with Crippen molar-refractivity contribution in [3.05, 3.63) is 114 Å². The van der Waals surface area contributed by atoms with Gasteiger partial charge in [-0.1, -0.05) is 48.5 Å². The highest BCUT2D eigenvalue weighted by Crippen LogP contribution is 2.27. The molecule has 0 fully saturated rings. The van der Waals surface area contributed by atoms with Crippen LogP contribution in [0.15, 0.2) is 85.2 Å². The zero-order valence-electron chi connectivity index (χ0n) is 25.6. The molecule has 1 atom stereocenters. The molecule has 0 aliphatic carbocycles. The number of ether oxygens (including phenoxy) is 2. The molecule has 0 unspecified atom stereocenters. The first-order valence-electron chi connectivity index (χ1n) is 14.9. The second-order valence-electron chi connectivity index (χ2n) is 12.0. The second-order valence-corrected chi connectivity index (χ2v) is 12.0. The largest absolute Gasteiger partial charge is 0.497 e. The molecule has 3 aromatic carbocycles. The highest BCUT2D eigenvalue weighted by molar-refractivity contribution is 5.84. The SMILES string of the molecule is COc1ccc(Cn2c(CCc3c[nH]c4ccccc34)nnc2[C@@H](Cc2c[nH]c3ccccc23)NC(=O)OC(C)(C)C)cc1. The number of hydrogen-bond acceptors (Lipinski definition) is 5. The Kier molecular flexibility index (Phi) is 8.11. The number of aromatic nitrogens is 5. The molecule has 0 saturated heterocycles. The van der Waals surface area contributed by atoms with Gasteiger partial charge in [-0.25, -0.2) is 4.79 Å². The van der Waals surface area contributed by atoms with Crippen molar-refractivity contribution in [1.82, 2.24) is 30.0 Å². The normalized spacial score (nSPS) is 12.5. The van der Waals surface area contributed by atoms with Gasteiger partial charge >= 0.3 is 6.09 Å². The Hall–Kier alpha value is -5.05. The van der Waals surface area contributed by atoms with E-state index >= 15 is 0 Å². The molecule has 1 amide bonds. The number of H-pyrrole nitrogens is 2. The summed E-state index contributed by atoms with van der Waals surface area (Å²) >= 11 is 0. The third kappa shape index (κ3) is 6.46. The van der Waals surface area contributed by atoms with E-state index in [0.29, 0.717) is 25.2 Å². The molecule has 0 spiro atoms. The van der Waals surface area contributed by atoms with Gasteiger partial charge in [-0.15, -0.1) is 10.2 Å². The average Bonchev–Trinajstić information content (AvgIpc) is 3.72. The summed E-state index contributed by atoms with van der Waals surface area (Å²) in [4.78, 5) is 19.9. The summed E-state index contributed by atoms with van der Waals surface area (Å²) in [5.41, 5.74) is 4.88. The van der Waals surface area contributed by atoms with Crippen LogP contribution in [-0.4, -0.2) is 43.5 Å². The van der Waals surface area contributed by atoms with Crippen LogP contribution in [0.2, 0.25) is 0 Å². The number of methoxy groups -OCH3 is 1. The molecule has 9 nitrogen and oxygen atoms in total. The Bertz CT molecular complexity index is 1880. The summed E-state index contributed by atoms with van der Waals surface area (Å²) in [6, 6.07) is 24.0. The fourth-order valence-electron chi connectivity index (χ4n) is 5.64. The summed E-state index contributed by atoms with van der Waals surface area (Å²) in [6.45, 7) is 6.11. The molecule has 0 aliphatic heterocycles. The number of amides is 1. The average molecular weight is 591 g/mol. The first kappa shape index (κ1) is 29.0. The van der Waals surface area contributed by atoms with Crippen LogP contribution in [-0.2, 0) is 30.5 Å². The number of nitrogens with zero attached hydrogens (tertiary/aromatic N) is 3. The van der Waals surface area contributed by atoms with Crippen molar-refractivity contribution in [2.24, 2.45) is 0 Å². The molecular weight excluding hydrogens is 552 g/mol. The zero-order chi connectivity index (χ0) is 30.7. The van der Waals surface area contributed by atoms with Crippen LogP contribution in [0.1, 0.15) is 55.2 Å². The highest BCUT2D eigenvalue weighted by Gasteiger charge is 2.27. The molecule has 6 rings (SSSR count). The lowest BCUT2D eigenvalue weighted by molar-refractivity contribution is 0.0500. The molecule has 9 heteroatoms. The second kappa shape index (κ2) is 12.3. The van der Waals surface area contributed by atoms with Crippen molar-refractivity contribution in [3.8, 4) is 5.75 Å². The number of rotatable bonds is 10. The minimum absolute atomic E-state index is 0.489. The van der Waals surface area contributed by atoms with Gasteiger partial charge in [0, 0.05) is 47.0 Å². The van der Waals surface area contributed by atoms with Gasteiger partial charge in [0.15, 0.2) is 5.82 Å². The standard InChI is InChI=1S/C35H38N6O3/c1-35(2,3)44-34(42)38-31(19-25-21-37-30-12-8-6-10-28(25)30)33-40-39-32(41(33)22-23-13-16-26(43-4)17-14-23)18-15-24-20-36-29-11-7-5-9-27(24)29/h5-14,16-17,20-21,31,36-37H,15,18-19,22H2,1-4H3,(H,38,42)/t31-/m1/s1. The lowest BCUT2D eigenvalue weighted by Gasteiger charge is -2.24. The molecule has 6 aromatic rings. The number of aryl methyl sites for hydroxylation is 2. The van der Waals surface area contributed by atoms with Crippen molar-refractivity contribution < 1.29 is 14.3 Å². The Labute approximate surface area is 256 Å². The maximum atomic E-state index is 13.2. The van der Waals surface area contributed by atoms with E-state index in [0.717, 1.165) is 45.5 Å². The monoisotopic (exact) mass is 590 g/mol. The van der Waals surface area contributed by atoms with Gasteiger partial charge in [0.05, 0.1) is 19.7 Å². The van der Waals surface area contributed by atoms with E-state index < -0.39 is 17.7 Å². The summed E-state index contributed by atoms with van der Waals surface area (Å²) in [5, 5.41) is 14.8. The number of benzene rings is 3. The molecule has 0 saturated carbocycles. The molecule has 0 aliphatic rings. The quantitative estimate of drug-likeness (QED) is 0.161. The fraction of sp³-hybridized carbons (Fsp3) is 0.286. The molecule has 226 valence electrons. The van der Waals surface area contributed by atoms with Gasteiger partial charge in [0.25, 0.3) is 0 Å². The predicted octanol–water partition coefficient (Wildman–Crippen LogP) is 6.89. The first-order valence-corrected chi connectivity index (χ1v) is 14.9. The maximum absolute atomic E-state index is 13.2. The Morgan fingerprint density at radius 1 is 0.864 bits per heavy atom. The van der Waals surface area contributed by atoms with E-state index in [1.165, 1.54) is 10.9 Å². The van der Waals surface area contributed by atoms with Gasteiger partial charge in [0.2, 0.25) is 0 Å². The highest BCUT2D eigenvalue weighted by atomic mass is 16.6. The molecular formula is C35H38N6O3. The molecule has 3 heterocycles. The van der Waals surface area contributed by atoms with E-state index in [4.69, 9.17) is 19.7 Å². The summed E-state index contributed by atoms with van der Waals surface area (Å²) in [7, 11) is 1.66. The molecule has 3 N–H and O–H groups in total. The Balaban J connectivity index is 1.37. The Morgan fingerprint density at radius 2 is 1.50 bits per heavy atom. The van der Waals surface area contributed by atoms with Crippen LogP contribution >= 0.6 is 0 Å². The molecule has 0 radical (unpaired) electrons. The van der Waals surface area contributed by atoms with Crippen LogP contribution in [0.3, 0.4) is 0 Å². The number of fused-ring (bicyclic) bond motifs is 2. The Morgan fingerprint density at radius 3 is 2.16 bits per heavy atom. The fourth-order valence-corrected chi connectivity index (χ4v) is 5.64. The first-order chi connectivity index (χ1) is 21.3. The minimum Gasteiger partial charge on any atom is -0.497 e. The van der Waals surface area contributed by atoms with Crippen molar-refractivity contribution >= 4 is 27.9 Å². The van der Waals surface area contributed by atoms with Gasteiger partial charge in [-0.3, -0.25) is 0 Å². The van der Waals surface area contributed by atoms with E-state index in [1.54, 1.807) is 7.11 Å².